The van der Waals surface area contributed by atoms with E-state index in [4.69, 9.17) is 5.73 Å². The first kappa shape index (κ1) is 14.3. The number of primary amides is 1. The smallest absolute Gasteiger partial charge is 0.256 e. The molecule has 2 aromatic rings. The van der Waals surface area contributed by atoms with Crippen molar-refractivity contribution in [2.45, 2.75) is 6.92 Å². The number of rotatable bonds is 3. The number of aryl methyl sites for hydroxylation is 1. The molecular formula is C15H13BrN2O2. The molecule has 0 unspecified atom stereocenters. The third kappa shape index (κ3) is 3.05. The van der Waals surface area contributed by atoms with E-state index in [-0.39, 0.29) is 5.91 Å². The van der Waals surface area contributed by atoms with E-state index >= 15 is 0 Å². The molecule has 2 rings (SSSR count). The molecular weight excluding hydrogens is 320 g/mol. The van der Waals surface area contributed by atoms with Gasteiger partial charge in [-0.3, -0.25) is 9.59 Å². The van der Waals surface area contributed by atoms with Crippen LogP contribution in [0.25, 0.3) is 0 Å². The monoisotopic (exact) mass is 332 g/mol. The van der Waals surface area contributed by atoms with E-state index in [0.717, 1.165) is 5.56 Å². The van der Waals surface area contributed by atoms with Crippen LogP contribution in [0.15, 0.2) is 46.9 Å². The number of amides is 2. The van der Waals surface area contributed by atoms with Gasteiger partial charge in [0, 0.05) is 4.47 Å². The summed E-state index contributed by atoms with van der Waals surface area (Å²) < 4.78 is 0.685. The highest BCUT2D eigenvalue weighted by Gasteiger charge is 2.14. The number of carbonyl (C=O) groups excluding carboxylic acids is 2. The van der Waals surface area contributed by atoms with Crippen molar-refractivity contribution in [3.63, 3.8) is 0 Å². The lowest BCUT2D eigenvalue weighted by molar-refractivity contribution is 0.100. The number of halogens is 1. The largest absolute Gasteiger partial charge is 0.366 e. The zero-order chi connectivity index (χ0) is 14.7. The second kappa shape index (κ2) is 5.88. The molecule has 3 N–H and O–H groups in total. The first-order chi connectivity index (χ1) is 9.49. The van der Waals surface area contributed by atoms with Crippen molar-refractivity contribution in [1.82, 2.24) is 0 Å². The van der Waals surface area contributed by atoms with Gasteiger partial charge in [0.1, 0.15) is 0 Å². The predicted molar refractivity (Wildman–Crippen MR) is 81.8 cm³/mol. The average Bonchev–Trinajstić information content (AvgIpc) is 2.41. The van der Waals surface area contributed by atoms with Gasteiger partial charge >= 0.3 is 0 Å². The highest BCUT2D eigenvalue weighted by molar-refractivity contribution is 9.10. The summed E-state index contributed by atoms with van der Waals surface area (Å²) in [6.07, 6.45) is 0. The van der Waals surface area contributed by atoms with Crippen LogP contribution in [0.2, 0.25) is 0 Å². The van der Waals surface area contributed by atoms with Crippen LogP contribution in [0, 0.1) is 6.92 Å². The van der Waals surface area contributed by atoms with E-state index < -0.39 is 5.91 Å². The lowest BCUT2D eigenvalue weighted by Gasteiger charge is -2.10. The van der Waals surface area contributed by atoms with Gasteiger partial charge in [0.05, 0.1) is 16.8 Å². The van der Waals surface area contributed by atoms with Crippen LogP contribution in [0.3, 0.4) is 0 Å². The van der Waals surface area contributed by atoms with Gasteiger partial charge in [0.25, 0.3) is 11.8 Å². The zero-order valence-electron chi connectivity index (χ0n) is 10.8. The average molecular weight is 333 g/mol. The van der Waals surface area contributed by atoms with Crippen molar-refractivity contribution in [2.75, 3.05) is 5.32 Å². The van der Waals surface area contributed by atoms with Crippen LogP contribution in [-0.4, -0.2) is 11.8 Å². The number of hydrogen-bond donors (Lipinski definition) is 2. The van der Waals surface area contributed by atoms with E-state index in [9.17, 15) is 9.59 Å². The Labute approximate surface area is 125 Å². The zero-order valence-corrected chi connectivity index (χ0v) is 12.4. The molecule has 4 nitrogen and oxygen atoms in total. The summed E-state index contributed by atoms with van der Waals surface area (Å²) in [7, 11) is 0. The summed E-state index contributed by atoms with van der Waals surface area (Å²) in [5, 5.41) is 2.71. The molecule has 0 aromatic heterocycles. The number of nitrogens with one attached hydrogen (secondary N) is 1. The molecule has 0 bridgehead atoms. The molecule has 0 heterocycles. The molecule has 0 aliphatic heterocycles. The second-order valence-corrected chi connectivity index (χ2v) is 5.20. The summed E-state index contributed by atoms with van der Waals surface area (Å²) in [4.78, 5) is 23.6. The number of nitrogens with two attached hydrogens (primary N) is 1. The van der Waals surface area contributed by atoms with Gasteiger partial charge < -0.3 is 11.1 Å². The Kier molecular flexibility index (Phi) is 4.20. The fourth-order valence-electron chi connectivity index (χ4n) is 1.81. The molecule has 102 valence electrons. The Balaban J connectivity index is 2.33. The van der Waals surface area contributed by atoms with E-state index in [1.165, 1.54) is 0 Å². The fraction of sp³-hybridized carbons (Fsp3) is 0.0667. The van der Waals surface area contributed by atoms with E-state index in [2.05, 4.69) is 21.2 Å². The minimum atomic E-state index is -0.573. The second-order valence-electron chi connectivity index (χ2n) is 4.35. The lowest BCUT2D eigenvalue weighted by atomic mass is 10.1. The van der Waals surface area contributed by atoms with Gasteiger partial charge in [-0.2, -0.15) is 0 Å². The molecule has 0 saturated heterocycles. The number of benzene rings is 2. The third-order valence-corrected chi connectivity index (χ3v) is 3.50. The minimum absolute atomic E-state index is 0.297. The molecule has 0 fully saturated rings. The van der Waals surface area contributed by atoms with Crippen LogP contribution in [0.4, 0.5) is 5.69 Å². The summed E-state index contributed by atoms with van der Waals surface area (Å²) in [5.74, 6) is -0.875. The van der Waals surface area contributed by atoms with Crippen LogP contribution >= 0.6 is 15.9 Å². The maximum absolute atomic E-state index is 12.2. The maximum Gasteiger partial charge on any atom is 0.256 e. The van der Waals surface area contributed by atoms with Gasteiger partial charge in [-0.1, -0.05) is 23.8 Å². The fourth-order valence-corrected chi connectivity index (χ4v) is 2.27. The molecule has 2 aromatic carbocycles. The molecule has 0 saturated carbocycles. The van der Waals surface area contributed by atoms with Gasteiger partial charge in [0.2, 0.25) is 0 Å². The van der Waals surface area contributed by atoms with Crippen LogP contribution < -0.4 is 11.1 Å². The highest BCUT2D eigenvalue weighted by Crippen LogP contribution is 2.21. The molecule has 0 aliphatic rings. The van der Waals surface area contributed by atoms with Gasteiger partial charge in [-0.05, 0) is 47.1 Å². The maximum atomic E-state index is 12.2. The number of hydrogen-bond acceptors (Lipinski definition) is 2. The van der Waals surface area contributed by atoms with Crippen molar-refractivity contribution in [3.05, 3.63) is 63.6 Å². The van der Waals surface area contributed by atoms with Crippen molar-refractivity contribution >= 4 is 33.4 Å². The van der Waals surface area contributed by atoms with Crippen molar-refractivity contribution < 1.29 is 9.59 Å². The van der Waals surface area contributed by atoms with Gasteiger partial charge in [0.15, 0.2) is 0 Å². The van der Waals surface area contributed by atoms with Gasteiger partial charge in [-0.15, -0.1) is 0 Å². The third-order valence-electron chi connectivity index (χ3n) is 2.81. The highest BCUT2D eigenvalue weighted by atomic mass is 79.9. The first-order valence-electron chi connectivity index (χ1n) is 5.95. The predicted octanol–water partition coefficient (Wildman–Crippen LogP) is 3.11. The molecule has 2 amide bonds. The van der Waals surface area contributed by atoms with Crippen LogP contribution in [0.1, 0.15) is 26.3 Å². The Morgan fingerprint density at radius 2 is 1.80 bits per heavy atom. The van der Waals surface area contributed by atoms with Crippen LogP contribution in [0.5, 0.6) is 0 Å². The Hall–Kier alpha value is -2.14. The summed E-state index contributed by atoms with van der Waals surface area (Å²) in [6.45, 7) is 1.85. The Morgan fingerprint density at radius 1 is 1.10 bits per heavy atom. The van der Waals surface area contributed by atoms with Crippen molar-refractivity contribution in [1.29, 1.82) is 0 Å². The minimum Gasteiger partial charge on any atom is -0.366 e. The normalized spacial score (nSPS) is 10.1. The molecule has 0 aliphatic carbocycles. The molecule has 0 radical (unpaired) electrons. The topological polar surface area (TPSA) is 72.2 Å². The lowest BCUT2D eigenvalue weighted by Crippen LogP contribution is -2.18. The summed E-state index contributed by atoms with van der Waals surface area (Å²) >= 11 is 3.32. The molecule has 0 atom stereocenters. The first-order valence-corrected chi connectivity index (χ1v) is 6.74. The number of anilines is 1. The number of carbonyl (C=O) groups is 2. The van der Waals surface area contributed by atoms with Crippen LogP contribution in [-0.2, 0) is 0 Å². The van der Waals surface area contributed by atoms with Crippen molar-refractivity contribution in [2.24, 2.45) is 5.73 Å². The van der Waals surface area contributed by atoms with Crippen molar-refractivity contribution in [3.8, 4) is 0 Å². The van der Waals surface area contributed by atoms with E-state index in [1.807, 2.05) is 19.1 Å². The van der Waals surface area contributed by atoms with Gasteiger partial charge in [-0.25, -0.2) is 0 Å². The molecule has 0 spiro atoms. The summed E-state index contributed by atoms with van der Waals surface area (Å²) in [5.41, 5.74) is 7.42. The van der Waals surface area contributed by atoms with E-state index in [0.29, 0.717) is 21.3 Å². The molecule has 20 heavy (non-hydrogen) atoms. The molecule has 5 heteroatoms. The standard InChI is InChI=1S/C15H13BrN2O2/c1-9-6-7-13(11(8-9)14(17)19)18-15(20)10-4-2-3-5-12(10)16/h2-8H,1H3,(H2,17,19)(H,18,20). The quantitative estimate of drug-likeness (QED) is 0.906. The van der Waals surface area contributed by atoms with E-state index in [1.54, 1.807) is 30.3 Å². The summed E-state index contributed by atoms with van der Waals surface area (Å²) in [6, 6.07) is 12.2. The Bertz CT molecular complexity index is 683. The SMILES string of the molecule is Cc1ccc(NC(=O)c2ccccc2Br)c(C(N)=O)c1. The Morgan fingerprint density at radius 3 is 2.45 bits per heavy atom.